The third kappa shape index (κ3) is 2.69. The molecule has 0 aliphatic carbocycles. The molecule has 0 radical (unpaired) electrons. The molecule has 2 aliphatic heterocycles. The highest BCUT2D eigenvalue weighted by Gasteiger charge is 2.40. The van der Waals surface area contributed by atoms with E-state index in [1.165, 1.54) is 4.80 Å². The number of fused-ring (bicyclic) bond motifs is 2. The van der Waals surface area contributed by atoms with Gasteiger partial charge in [-0.1, -0.05) is 12.1 Å². The lowest BCUT2D eigenvalue weighted by molar-refractivity contribution is -0.0150. The van der Waals surface area contributed by atoms with Crippen molar-refractivity contribution in [3.05, 3.63) is 29.8 Å². The number of carbonyl (C=O) groups excluding carboxylic acids is 1. The van der Waals surface area contributed by atoms with Crippen LogP contribution in [0.25, 0.3) is 11.4 Å². The van der Waals surface area contributed by atoms with Gasteiger partial charge >= 0.3 is 0 Å². The number of amides is 1. The number of aryl methyl sites for hydroxylation is 1. The quantitative estimate of drug-likeness (QED) is 0.901. The summed E-state index contributed by atoms with van der Waals surface area (Å²) in [7, 11) is 1.72. The van der Waals surface area contributed by atoms with Crippen LogP contribution < -0.4 is 0 Å². The summed E-state index contributed by atoms with van der Waals surface area (Å²) in [6, 6.07) is 7.71. The number of rotatable bonds is 2. The van der Waals surface area contributed by atoms with Crippen molar-refractivity contribution in [2.75, 3.05) is 0 Å². The first kappa shape index (κ1) is 15.3. The van der Waals surface area contributed by atoms with E-state index in [9.17, 15) is 9.90 Å². The van der Waals surface area contributed by atoms with Gasteiger partial charge in [-0.15, -0.1) is 10.2 Å². The van der Waals surface area contributed by atoms with Crippen LogP contribution in [-0.2, 0) is 7.05 Å². The zero-order valence-electron chi connectivity index (χ0n) is 13.7. The average molecular weight is 327 g/mol. The van der Waals surface area contributed by atoms with E-state index in [1.54, 1.807) is 7.05 Å². The van der Waals surface area contributed by atoms with Gasteiger partial charge in [0.1, 0.15) is 0 Å². The van der Waals surface area contributed by atoms with Crippen molar-refractivity contribution in [3.8, 4) is 11.4 Å². The fourth-order valence-corrected chi connectivity index (χ4v) is 3.99. The maximum absolute atomic E-state index is 13.0. The molecule has 1 unspecified atom stereocenters. The molecule has 7 nitrogen and oxygen atoms in total. The number of nitrogens with zero attached hydrogens (tertiary/aromatic N) is 5. The fraction of sp³-hybridized carbons (Fsp3) is 0.529. The molecule has 2 fully saturated rings. The monoisotopic (exact) mass is 327 g/mol. The van der Waals surface area contributed by atoms with E-state index in [0.29, 0.717) is 24.2 Å². The van der Waals surface area contributed by atoms with Crippen molar-refractivity contribution >= 4 is 5.91 Å². The second-order valence-corrected chi connectivity index (χ2v) is 6.76. The Labute approximate surface area is 140 Å². The Kier molecular flexibility index (Phi) is 3.80. The summed E-state index contributed by atoms with van der Waals surface area (Å²) in [6.45, 7) is 0. The molecule has 2 aromatic rings. The van der Waals surface area contributed by atoms with Crippen LogP contribution in [0.15, 0.2) is 24.3 Å². The summed E-state index contributed by atoms with van der Waals surface area (Å²) in [4.78, 5) is 16.4. The number of benzene rings is 1. The number of hydrogen-bond donors (Lipinski definition) is 1. The van der Waals surface area contributed by atoms with Crippen molar-refractivity contribution in [1.29, 1.82) is 0 Å². The Morgan fingerprint density at radius 2 is 1.83 bits per heavy atom. The highest BCUT2D eigenvalue weighted by molar-refractivity contribution is 5.95. The molecule has 0 spiro atoms. The number of carbonyl (C=O) groups is 1. The zero-order chi connectivity index (χ0) is 16.7. The molecule has 4 rings (SSSR count). The lowest BCUT2D eigenvalue weighted by Crippen LogP contribution is -2.55. The maximum atomic E-state index is 13.0. The minimum absolute atomic E-state index is 0.0651. The molecule has 3 atom stereocenters. The molecule has 0 saturated carbocycles. The summed E-state index contributed by atoms with van der Waals surface area (Å²) in [5, 5.41) is 22.0. The van der Waals surface area contributed by atoms with Crippen LogP contribution in [0.3, 0.4) is 0 Å². The second kappa shape index (κ2) is 5.98. The predicted molar refractivity (Wildman–Crippen MR) is 87.1 cm³/mol. The molecule has 126 valence electrons. The van der Waals surface area contributed by atoms with Gasteiger partial charge in [0.15, 0.2) is 0 Å². The first-order valence-corrected chi connectivity index (χ1v) is 8.47. The number of hydrogen-bond acceptors (Lipinski definition) is 5. The summed E-state index contributed by atoms with van der Waals surface area (Å²) in [6.07, 6.45) is 4.24. The first-order chi connectivity index (χ1) is 11.6. The summed E-state index contributed by atoms with van der Waals surface area (Å²) >= 11 is 0. The summed E-state index contributed by atoms with van der Waals surface area (Å²) < 4.78 is 0. The lowest BCUT2D eigenvalue weighted by atomic mass is 9.82. The highest BCUT2D eigenvalue weighted by atomic mass is 16.3. The van der Waals surface area contributed by atoms with Gasteiger partial charge in [0, 0.05) is 23.2 Å². The van der Waals surface area contributed by atoms with Gasteiger partial charge in [0.2, 0.25) is 5.82 Å². The van der Waals surface area contributed by atoms with Crippen LogP contribution in [0, 0.1) is 0 Å². The van der Waals surface area contributed by atoms with Gasteiger partial charge in [-0.25, -0.2) is 0 Å². The molecule has 1 aromatic carbocycles. The van der Waals surface area contributed by atoms with E-state index in [2.05, 4.69) is 15.4 Å². The average Bonchev–Trinajstić information content (AvgIpc) is 3.00. The molecule has 3 heterocycles. The van der Waals surface area contributed by atoms with E-state index >= 15 is 0 Å². The molecule has 2 aliphatic rings. The number of tetrazole rings is 1. The van der Waals surface area contributed by atoms with E-state index in [1.807, 2.05) is 29.2 Å². The van der Waals surface area contributed by atoms with Crippen molar-refractivity contribution in [1.82, 2.24) is 25.1 Å². The Bertz CT molecular complexity index is 728. The predicted octanol–water partition coefficient (Wildman–Crippen LogP) is 1.40. The summed E-state index contributed by atoms with van der Waals surface area (Å²) in [5.41, 5.74) is 1.52. The molecule has 2 bridgehead atoms. The molecular formula is C17H21N5O2. The SMILES string of the molecule is Cn1nnc(-c2ccc(C(=O)N3[C@@H]4CCC[C@H]3CC(O)C4)cc2)n1. The largest absolute Gasteiger partial charge is 0.393 e. The number of aliphatic hydroxyl groups is 1. The summed E-state index contributed by atoms with van der Waals surface area (Å²) in [5.74, 6) is 0.615. The molecular weight excluding hydrogens is 306 g/mol. The molecule has 7 heteroatoms. The molecule has 1 N–H and O–H groups in total. The Morgan fingerprint density at radius 1 is 1.17 bits per heavy atom. The van der Waals surface area contributed by atoms with Crippen molar-refractivity contribution < 1.29 is 9.90 Å². The third-order valence-corrected chi connectivity index (χ3v) is 5.08. The van der Waals surface area contributed by atoms with Gasteiger partial charge in [-0.3, -0.25) is 4.79 Å². The maximum Gasteiger partial charge on any atom is 0.254 e. The van der Waals surface area contributed by atoms with Gasteiger partial charge in [-0.05, 0) is 49.5 Å². The molecule has 1 aromatic heterocycles. The van der Waals surface area contributed by atoms with E-state index in [0.717, 1.165) is 24.8 Å². The standard InChI is InChI=1S/C17H21N5O2/c1-21-19-16(18-20-21)11-5-7-12(8-6-11)17(24)22-13-3-2-4-14(22)10-15(23)9-13/h5-8,13-15,23H,2-4,9-10H2,1H3/t13-,14+,15?. The fourth-order valence-electron chi connectivity index (χ4n) is 3.99. The van der Waals surface area contributed by atoms with Gasteiger partial charge < -0.3 is 10.0 Å². The van der Waals surface area contributed by atoms with Crippen molar-refractivity contribution in [3.63, 3.8) is 0 Å². The van der Waals surface area contributed by atoms with Gasteiger partial charge in [0.25, 0.3) is 5.91 Å². The minimum Gasteiger partial charge on any atom is -0.393 e. The number of piperidine rings is 2. The lowest BCUT2D eigenvalue weighted by Gasteiger charge is -2.47. The van der Waals surface area contributed by atoms with Crippen LogP contribution in [0.1, 0.15) is 42.5 Å². The Hall–Kier alpha value is -2.28. The molecule has 24 heavy (non-hydrogen) atoms. The van der Waals surface area contributed by atoms with E-state index in [-0.39, 0.29) is 24.1 Å². The first-order valence-electron chi connectivity index (χ1n) is 8.47. The van der Waals surface area contributed by atoms with E-state index < -0.39 is 0 Å². The van der Waals surface area contributed by atoms with Gasteiger partial charge in [-0.2, -0.15) is 4.80 Å². The zero-order valence-corrected chi connectivity index (χ0v) is 13.7. The molecule has 2 saturated heterocycles. The number of aromatic nitrogens is 4. The van der Waals surface area contributed by atoms with Gasteiger partial charge in [0.05, 0.1) is 13.2 Å². The minimum atomic E-state index is -0.269. The number of aliphatic hydroxyl groups excluding tert-OH is 1. The van der Waals surface area contributed by atoms with Crippen molar-refractivity contribution in [2.45, 2.75) is 50.3 Å². The van der Waals surface area contributed by atoms with Crippen molar-refractivity contribution in [2.24, 2.45) is 7.05 Å². The topological polar surface area (TPSA) is 84.1 Å². The Morgan fingerprint density at radius 3 is 2.42 bits per heavy atom. The van der Waals surface area contributed by atoms with Crippen LogP contribution in [0.4, 0.5) is 0 Å². The van der Waals surface area contributed by atoms with E-state index in [4.69, 9.17) is 0 Å². The van der Waals surface area contributed by atoms with Crippen LogP contribution in [-0.4, -0.2) is 54.3 Å². The Balaban J connectivity index is 1.56. The van der Waals surface area contributed by atoms with Crippen LogP contribution in [0.2, 0.25) is 0 Å². The smallest absolute Gasteiger partial charge is 0.254 e. The highest BCUT2D eigenvalue weighted by Crippen LogP contribution is 2.35. The second-order valence-electron chi connectivity index (χ2n) is 6.76. The van der Waals surface area contributed by atoms with Crippen LogP contribution in [0.5, 0.6) is 0 Å². The third-order valence-electron chi connectivity index (χ3n) is 5.08. The van der Waals surface area contributed by atoms with Crippen LogP contribution >= 0.6 is 0 Å². The normalized spacial score (nSPS) is 26.4. The molecule has 1 amide bonds.